The number of carbonyl (C=O) groups excluding carboxylic acids is 1. The van der Waals surface area contributed by atoms with Gasteiger partial charge in [0.2, 0.25) is 5.91 Å². The molecule has 0 aromatic heterocycles. The molecule has 102 valence electrons. The fourth-order valence-electron chi connectivity index (χ4n) is 2.75. The van der Waals surface area contributed by atoms with Crippen LogP contribution in [-0.4, -0.2) is 18.5 Å². The summed E-state index contributed by atoms with van der Waals surface area (Å²) < 4.78 is 0. The Labute approximate surface area is 114 Å². The van der Waals surface area contributed by atoms with Crippen LogP contribution in [0.4, 0.5) is 17.1 Å². The summed E-state index contributed by atoms with van der Waals surface area (Å²) in [6.07, 6.45) is 2.94. The molecule has 1 heterocycles. The zero-order valence-corrected chi connectivity index (χ0v) is 11.6. The highest BCUT2D eigenvalue weighted by Gasteiger charge is 2.31. The van der Waals surface area contributed by atoms with Crippen LogP contribution in [0.25, 0.3) is 0 Å². The first-order chi connectivity index (χ1) is 9.04. The van der Waals surface area contributed by atoms with Crippen LogP contribution in [0, 0.1) is 5.92 Å². The van der Waals surface area contributed by atoms with E-state index in [1.807, 2.05) is 6.07 Å². The van der Waals surface area contributed by atoms with Gasteiger partial charge in [0.1, 0.15) is 0 Å². The third kappa shape index (κ3) is 2.39. The quantitative estimate of drug-likeness (QED) is 0.816. The summed E-state index contributed by atoms with van der Waals surface area (Å²) in [5.74, 6) is 0.663. The molecule has 0 saturated heterocycles. The maximum absolute atomic E-state index is 11.5. The highest BCUT2D eigenvalue weighted by atomic mass is 16.1. The average Bonchev–Trinajstić information content (AvgIpc) is 3.08. The predicted molar refractivity (Wildman–Crippen MR) is 78.4 cm³/mol. The minimum absolute atomic E-state index is 0.0633. The lowest BCUT2D eigenvalue weighted by atomic mass is 10.1. The minimum Gasteiger partial charge on any atom is -0.397 e. The lowest BCUT2D eigenvalue weighted by Crippen LogP contribution is -2.30. The van der Waals surface area contributed by atoms with Crippen molar-refractivity contribution in [3.05, 3.63) is 17.7 Å². The number of benzene rings is 1. The van der Waals surface area contributed by atoms with E-state index >= 15 is 0 Å². The second-order valence-electron chi connectivity index (χ2n) is 6.07. The summed E-state index contributed by atoms with van der Waals surface area (Å²) in [5, 5.41) is 2.91. The van der Waals surface area contributed by atoms with Gasteiger partial charge in [0.15, 0.2) is 0 Å². The van der Waals surface area contributed by atoms with E-state index in [2.05, 4.69) is 30.1 Å². The van der Waals surface area contributed by atoms with Crippen LogP contribution in [0.2, 0.25) is 0 Å². The Hall–Kier alpha value is -1.71. The largest absolute Gasteiger partial charge is 0.397 e. The first-order valence-corrected chi connectivity index (χ1v) is 7.03. The Morgan fingerprint density at radius 3 is 2.79 bits per heavy atom. The molecule has 0 radical (unpaired) electrons. The molecule has 0 spiro atoms. The number of fused-ring (bicyclic) bond motifs is 1. The molecule has 4 nitrogen and oxygen atoms in total. The van der Waals surface area contributed by atoms with E-state index in [1.165, 1.54) is 12.8 Å². The Kier molecular flexibility index (Phi) is 2.88. The molecule has 0 unspecified atom stereocenters. The Bertz CT molecular complexity index is 520. The van der Waals surface area contributed by atoms with Gasteiger partial charge in [-0.2, -0.15) is 0 Å². The van der Waals surface area contributed by atoms with Gasteiger partial charge >= 0.3 is 0 Å². The van der Waals surface area contributed by atoms with Crippen molar-refractivity contribution in [2.75, 3.05) is 22.5 Å². The second-order valence-corrected chi connectivity index (χ2v) is 6.07. The van der Waals surface area contributed by atoms with Gasteiger partial charge in [0.05, 0.1) is 17.8 Å². The van der Waals surface area contributed by atoms with E-state index in [4.69, 9.17) is 5.73 Å². The van der Waals surface area contributed by atoms with Crippen LogP contribution in [0.1, 0.15) is 32.3 Å². The number of hydrogen-bond acceptors (Lipinski definition) is 3. The Balaban J connectivity index is 1.95. The minimum atomic E-state index is 0.0633. The van der Waals surface area contributed by atoms with Gasteiger partial charge in [0.25, 0.3) is 0 Å². The van der Waals surface area contributed by atoms with Crippen molar-refractivity contribution in [1.29, 1.82) is 0 Å². The predicted octanol–water partition coefficient (Wildman–Crippen LogP) is 2.39. The molecular formula is C15H21N3O. The lowest BCUT2D eigenvalue weighted by Gasteiger charge is -2.28. The summed E-state index contributed by atoms with van der Waals surface area (Å²) in [5.41, 5.74) is 10.0. The van der Waals surface area contributed by atoms with Crippen molar-refractivity contribution in [2.45, 2.75) is 39.2 Å². The van der Waals surface area contributed by atoms with E-state index in [9.17, 15) is 4.79 Å². The van der Waals surface area contributed by atoms with Gasteiger partial charge in [0, 0.05) is 18.3 Å². The summed E-state index contributed by atoms with van der Waals surface area (Å²) in [7, 11) is 0. The average molecular weight is 259 g/mol. The highest BCUT2D eigenvalue weighted by Crippen LogP contribution is 2.39. The van der Waals surface area contributed by atoms with Gasteiger partial charge in [-0.05, 0) is 36.5 Å². The molecule has 1 amide bonds. The van der Waals surface area contributed by atoms with Gasteiger partial charge in [-0.15, -0.1) is 0 Å². The first-order valence-electron chi connectivity index (χ1n) is 7.03. The zero-order chi connectivity index (χ0) is 13.6. The maximum Gasteiger partial charge on any atom is 0.228 e. The standard InChI is InChI=1S/C15H21N3O/c1-9(2)8-18(11-3-4-11)14-7-13-10(5-12(14)16)6-15(19)17-13/h5,7,9,11H,3-4,6,8,16H2,1-2H3,(H,17,19). The molecule has 1 fully saturated rings. The molecule has 3 N–H and O–H groups in total. The van der Waals surface area contributed by atoms with E-state index in [-0.39, 0.29) is 5.91 Å². The number of rotatable bonds is 4. The van der Waals surface area contributed by atoms with Crippen molar-refractivity contribution in [3.63, 3.8) is 0 Å². The van der Waals surface area contributed by atoms with Crippen molar-refractivity contribution in [2.24, 2.45) is 5.92 Å². The van der Waals surface area contributed by atoms with Gasteiger partial charge in [-0.3, -0.25) is 4.79 Å². The normalized spacial score (nSPS) is 17.5. The fourth-order valence-corrected chi connectivity index (χ4v) is 2.75. The topological polar surface area (TPSA) is 58.4 Å². The first kappa shape index (κ1) is 12.3. The van der Waals surface area contributed by atoms with E-state index in [0.29, 0.717) is 18.4 Å². The molecule has 0 atom stereocenters. The molecule has 1 aliphatic heterocycles. The summed E-state index contributed by atoms with van der Waals surface area (Å²) in [6.45, 7) is 5.46. The molecule has 1 aliphatic carbocycles. The molecule has 2 aliphatic rings. The van der Waals surface area contributed by atoms with Crippen LogP contribution < -0.4 is 16.0 Å². The summed E-state index contributed by atoms with van der Waals surface area (Å²) >= 11 is 0. The number of nitrogens with zero attached hydrogens (tertiary/aromatic N) is 1. The number of hydrogen-bond donors (Lipinski definition) is 2. The molecule has 4 heteroatoms. The van der Waals surface area contributed by atoms with Crippen LogP contribution in [0.3, 0.4) is 0 Å². The van der Waals surface area contributed by atoms with Crippen molar-refractivity contribution >= 4 is 23.0 Å². The van der Waals surface area contributed by atoms with Gasteiger partial charge in [-0.1, -0.05) is 13.8 Å². The monoisotopic (exact) mass is 259 g/mol. The van der Waals surface area contributed by atoms with Crippen molar-refractivity contribution in [1.82, 2.24) is 0 Å². The fraction of sp³-hybridized carbons (Fsp3) is 0.533. The lowest BCUT2D eigenvalue weighted by molar-refractivity contribution is -0.115. The molecular weight excluding hydrogens is 238 g/mol. The zero-order valence-electron chi connectivity index (χ0n) is 11.6. The van der Waals surface area contributed by atoms with Gasteiger partial charge in [-0.25, -0.2) is 0 Å². The number of nitrogens with one attached hydrogen (secondary N) is 1. The second kappa shape index (κ2) is 4.44. The molecule has 1 saturated carbocycles. The number of nitrogen functional groups attached to an aromatic ring is 1. The van der Waals surface area contributed by atoms with E-state index in [1.54, 1.807) is 0 Å². The molecule has 1 aromatic rings. The van der Waals surface area contributed by atoms with E-state index < -0.39 is 0 Å². The summed E-state index contributed by atoms with van der Waals surface area (Å²) in [6, 6.07) is 4.63. The smallest absolute Gasteiger partial charge is 0.228 e. The molecule has 0 bridgehead atoms. The Morgan fingerprint density at radius 2 is 2.16 bits per heavy atom. The van der Waals surface area contributed by atoms with Gasteiger partial charge < -0.3 is 16.0 Å². The third-order valence-electron chi connectivity index (χ3n) is 3.74. The summed E-state index contributed by atoms with van der Waals surface area (Å²) in [4.78, 5) is 13.9. The Morgan fingerprint density at radius 1 is 1.42 bits per heavy atom. The van der Waals surface area contributed by atoms with Crippen molar-refractivity contribution in [3.8, 4) is 0 Å². The third-order valence-corrected chi connectivity index (χ3v) is 3.74. The number of nitrogens with two attached hydrogens (primary N) is 1. The maximum atomic E-state index is 11.5. The highest BCUT2D eigenvalue weighted by molar-refractivity contribution is 6.01. The van der Waals surface area contributed by atoms with E-state index in [0.717, 1.165) is 29.2 Å². The number of carbonyl (C=O) groups is 1. The number of amides is 1. The molecule has 1 aromatic carbocycles. The van der Waals surface area contributed by atoms with Crippen LogP contribution in [0.15, 0.2) is 12.1 Å². The molecule has 3 rings (SSSR count). The van der Waals surface area contributed by atoms with Crippen molar-refractivity contribution < 1.29 is 4.79 Å². The van der Waals surface area contributed by atoms with Crippen LogP contribution in [-0.2, 0) is 11.2 Å². The SMILES string of the molecule is CC(C)CN(c1cc2c(cc1N)CC(=O)N2)C1CC1. The number of anilines is 3. The van der Waals surface area contributed by atoms with Crippen LogP contribution in [0.5, 0.6) is 0 Å². The van der Waals surface area contributed by atoms with Crippen LogP contribution >= 0.6 is 0 Å². The molecule has 19 heavy (non-hydrogen) atoms.